The number of quaternary nitrogens is 1. The fraction of sp³-hybridized carbons (Fsp3) is 0.444. The summed E-state index contributed by atoms with van der Waals surface area (Å²) in [5, 5.41) is 0. The summed E-state index contributed by atoms with van der Waals surface area (Å²) in [6.45, 7) is 8.79. The highest BCUT2D eigenvalue weighted by atomic mass is 19.1. The smallest absolute Gasteiger partial charge is 0.291 e. The molecule has 4 rings (SSSR count). The Morgan fingerprint density at radius 2 is 1.71 bits per heavy atom. The van der Waals surface area contributed by atoms with Gasteiger partial charge in [-0.2, -0.15) is 0 Å². The molecule has 2 fully saturated rings. The number of hydrogen-bond acceptors (Lipinski definition) is 4. The van der Waals surface area contributed by atoms with Crippen molar-refractivity contribution in [2.45, 2.75) is 32.2 Å². The molecule has 2 aromatic rings. The molecule has 0 radical (unpaired) electrons. The normalized spacial score (nSPS) is 21.5. The molecule has 34 heavy (non-hydrogen) atoms. The molecule has 2 atom stereocenters. The summed E-state index contributed by atoms with van der Waals surface area (Å²) in [5.74, 6) is -3.01. The molecule has 2 aliphatic rings. The number of halogens is 1. The maximum Gasteiger partial charge on any atom is 0.291 e. The van der Waals surface area contributed by atoms with Gasteiger partial charge >= 0.3 is 0 Å². The number of likely N-dealkylation sites (tertiary alicyclic amines) is 1. The first-order valence-electron chi connectivity index (χ1n) is 12.0. The summed E-state index contributed by atoms with van der Waals surface area (Å²) >= 11 is 0. The van der Waals surface area contributed by atoms with Crippen LogP contribution in [0.25, 0.3) is 0 Å². The Balaban J connectivity index is 1.61. The van der Waals surface area contributed by atoms with Crippen LogP contribution in [0, 0.1) is 11.7 Å². The number of morpholine rings is 1. The van der Waals surface area contributed by atoms with E-state index in [4.69, 9.17) is 4.74 Å². The lowest BCUT2D eigenvalue weighted by atomic mass is 9.85. The fourth-order valence-corrected chi connectivity index (χ4v) is 4.88. The predicted molar refractivity (Wildman–Crippen MR) is 125 cm³/mol. The second kappa shape index (κ2) is 10.6. The van der Waals surface area contributed by atoms with Gasteiger partial charge in [0.05, 0.1) is 25.8 Å². The molecule has 2 unspecified atom stereocenters. The quantitative estimate of drug-likeness (QED) is 0.367. The first-order chi connectivity index (χ1) is 16.4. The average molecular weight is 468 g/mol. The van der Waals surface area contributed by atoms with Gasteiger partial charge in [-0.05, 0) is 41.3 Å². The van der Waals surface area contributed by atoms with Crippen LogP contribution in [0.15, 0.2) is 48.5 Å². The van der Waals surface area contributed by atoms with Gasteiger partial charge in [-0.3, -0.25) is 14.4 Å². The zero-order valence-corrected chi connectivity index (χ0v) is 19.8. The monoisotopic (exact) mass is 467 g/mol. The van der Waals surface area contributed by atoms with Crippen LogP contribution in [0.2, 0.25) is 0 Å². The number of hydrogen-bond donors (Lipinski definition) is 1. The SMILES string of the molecule is CC(C)c1ccc(C2C(C(=O)c3ccc(F)cc3)C(=O)C(=O)N2CCC[NH+]2CCOCC2)cc1. The third-order valence-electron chi connectivity index (χ3n) is 6.89. The minimum absolute atomic E-state index is 0.232. The summed E-state index contributed by atoms with van der Waals surface area (Å²) in [5.41, 5.74) is 2.14. The van der Waals surface area contributed by atoms with Crippen molar-refractivity contribution in [1.29, 1.82) is 0 Å². The van der Waals surface area contributed by atoms with Crippen LogP contribution in [0.4, 0.5) is 4.39 Å². The number of carbonyl (C=O) groups excluding carboxylic acids is 3. The molecule has 2 aromatic carbocycles. The topological polar surface area (TPSA) is 68.1 Å². The van der Waals surface area contributed by atoms with Gasteiger partial charge in [0.2, 0.25) is 5.78 Å². The first kappa shape index (κ1) is 24.2. The van der Waals surface area contributed by atoms with Gasteiger partial charge in [0.25, 0.3) is 5.91 Å². The summed E-state index contributed by atoms with van der Waals surface area (Å²) in [6, 6.07) is 12.3. The minimum Gasteiger partial charge on any atom is -0.370 e. The Kier molecular flexibility index (Phi) is 7.54. The number of Topliss-reactive ketones (excluding diaryl/α,β-unsaturated/α-hetero) is 2. The largest absolute Gasteiger partial charge is 0.370 e. The summed E-state index contributed by atoms with van der Waals surface area (Å²) in [6.07, 6.45) is 0.729. The van der Waals surface area contributed by atoms with Crippen LogP contribution in [-0.4, -0.2) is 61.8 Å². The van der Waals surface area contributed by atoms with E-state index in [1.54, 1.807) is 4.90 Å². The molecular weight excluding hydrogens is 435 g/mol. The summed E-state index contributed by atoms with van der Waals surface area (Å²) in [4.78, 5) is 42.6. The van der Waals surface area contributed by atoms with Crippen molar-refractivity contribution in [2.75, 3.05) is 39.4 Å². The lowest BCUT2D eigenvalue weighted by Crippen LogP contribution is -3.14. The van der Waals surface area contributed by atoms with E-state index >= 15 is 0 Å². The van der Waals surface area contributed by atoms with Crippen molar-refractivity contribution in [3.05, 3.63) is 71.0 Å². The van der Waals surface area contributed by atoms with Gasteiger partial charge in [-0.15, -0.1) is 0 Å². The summed E-state index contributed by atoms with van der Waals surface area (Å²) < 4.78 is 18.8. The zero-order valence-electron chi connectivity index (χ0n) is 19.8. The van der Waals surface area contributed by atoms with Crippen LogP contribution < -0.4 is 4.90 Å². The molecule has 1 amide bonds. The van der Waals surface area contributed by atoms with E-state index in [0.717, 1.165) is 50.4 Å². The molecule has 0 aromatic heterocycles. The molecule has 1 N–H and O–H groups in total. The number of benzene rings is 2. The highest BCUT2D eigenvalue weighted by molar-refractivity contribution is 6.44. The maximum atomic E-state index is 13.4. The molecule has 6 nitrogen and oxygen atoms in total. The van der Waals surface area contributed by atoms with E-state index < -0.39 is 35.3 Å². The standard InChI is InChI=1S/C27H31FN2O4/c1-18(2)19-4-6-20(7-5-19)24-23(25(31)21-8-10-22(28)11-9-21)26(32)27(33)30(24)13-3-12-29-14-16-34-17-15-29/h4-11,18,23-24H,3,12-17H2,1-2H3/p+1. The van der Waals surface area contributed by atoms with Crippen molar-refractivity contribution in [3.63, 3.8) is 0 Å². The second-order valence-corrected chi connectivity index (χ2v) is 9.44. The molecular formula is C27H32FN2O4+. The number of rotatable bonds is 8. The van der Waals surface area contributed by atoms with Crippen molar-refractivity contribution >= 4 is 17.5 Å². The van der Waals surface area contributed by atoms with E-state index in [0.29, 0.717) is 12.5 Å². The Labute approximate surface area is 199 Å². The van der Waals surface area contributed by atoms with E-state index in [1.807, 2.05) is 24.3 Å². The van der Waals surface area contributed by atoms with E-state index in [1.165, 1.54) is 29.2 Å². The van der Waals surface area contributed by atoms with Crippen molar-refractivity contribution in [2.24, 2.45) is 5.92 Å². The van der Waals surface area contributed by atoms with E-state index in [2.05, 4.69) is 13.8 Å². The molecule has 0 saturated carbocycles. The zero-order chi connectivity index (χ0) is 24.2. The van der Waals surface area contributed by atoms with Gasteiger partial charge in [-0.25, -0.2) is 4.39 Å². The average Bonchev–Trinajstić information content (AvgIpc) is 3.10. The number of nitrogens with zero attached hydrogens (tertiary/aromatic N) is 1. The molecule has 2 heterocycles. The minimum atomic E-state index is -1.14. The van der Waals surface area contributed by atoms with Crippen LogP contribution in [0.1, 0.15) is 53.7 Å². The number of ketones is 2. The van der Waals surface area contributed by atoms with Crippen molar-refractivity contribution < 1.29 is 28.4 Å². The molecule has 2 aliphatic heterocycles. The van der Waals surface area contributed by atoms with Crippen molar-refractivity contribution in [3.8, 4) is 0 Å². The maximum absolute atomic E-state index is 13.4. The van der Waals surface area contributed by atoms with Gasteiger partial charge in [0, 0.05) is 18.5 Å². The van der Waals surface area contributed by atoms with Crippen LogP contribution >= 0.6 is 0 Å². The number of carbonyl (C=O) groups is 3. The van der Waals surface area contributed by atoms with Gasteiger partial charge in [0.15, 0.2) is 5.78 Å². The number of nitrogens with one attached hydrogen (secondary N) is 1. The van der Waals surface area contributed by atoms with Gasteiger partial charge in [-0.1, -0.05) is 38.1 Å². The van der Waals surface area contributed by atoms with Crippen molar-refractivity contribution in [1.82, 2.24) is 4.90 Å². The molecule has 0 spiro atoms. The molecule has 0 aliphatic carbocycles. The van der Waals surface area contributed by atoms with E-state index in [-0.39, 0.29) is 5.56 Å². The van der Waals surface area contributed by atoms with Crippen LogP contribution in [-0.2, 0) is 14.3 Å². The number of amides is 1. The Morgan fingerprint density at radius 3 is 2.32 bits per heavy atom. The summed E-state index contributed by atoms with van der Waals surface area (Å²) in [7, 11) is 0. The van der Waals surface area contributed by atoms with Gasteiger partial charge in [0.1, 0.15) is 24.8 Å². The Morgan fingerprint density at radius 1 is 1.06 bits per heavy atom. The van der Waals surface area contributed by atoms with Crippen LogP contribution in [0.5, 0.6) is 0 Å². The predicted octanol–water partition coefficient (Wildman–Crippen LogP) is 2.21. The van der Waals surface area contributed by atoms with Crippen LogP contribution in [0.3, 0.4) is 0 Å². The van der Waals surface area contributed by atoms with E-state index in [9.17, 15) is 18.8 Å². The fourth-order valence-electron chi connectivity index (χ4n) is 4.88. The Hall–Kier alpha value is -2.90. The lowest BCUT2D eigenvalue weighted by molar-refractivity contribution is -0.908. The molecule has 0 bridgehead atoms. The Bertz CT molecular complexity index is 1030. The number of ether oxygens (including phenoxy) is 1. The van der Waals surface area contributed by atoms with Gasteiger partial charge < -0.3 is 14.5 Å². The molecule has 7 heteroatoms. The highest BCUT2D eigenvalue weighted by Gasteiger charge is 2.51. The molecule has 2 saturated heterocycles. The third-order valence-corrected chi connectivity index (χ3v) is 6.89. The lowest BCUT2D eigenvalue weighted by Gasteiger charge is -2.29. The first-order valence-corrected chi connectivity index (χ1v) is 12.0. The second-order valence-electron chi connectivity index (χ2n) is 9.44. The third kappa shape index (κ3) is 5.10. The molecule has 180 valence electrons. The highest BCUT2D eigenvalue weighted by Crippen LogP contribution is 2.38.